The van der Waals surface area contributed by atoms with Crippen LogP contribution in [0.5, 0.6) is 0 Å². The highest BCUT2D eigenvalue weighted by atomic mass is 16.2. The number of aromatic nitrogens is 1. The zero-order valence-electron chi connectivity index (χ0n) is 16.8. The molecule has 0 N–H and O–H groups in total. The summed E-state index contributed by atoms with van der Waals surface area (Å²) in [6.45, 7) is 3.27. The first-order chi connectivity index (χ1) is 14.7. The molecule has 30 heavy (non-hydrogen) atoms. The van der Waals surface area contributed by atoms with Gasteiger partial charge < -0.3 is 9.80 Å². The number of carbonyl (C=O) groups is 2. The second kappa shape index (κ2) is 7.88. The molecule has 3 heterocycles. The van der Waals surface area contributed by atoms with Gasteiger partial charge in [-0.05, 0) is 17.2 Å². The van der Waals surface area contributed by atoms with Crippen LogP contribution in [-0.4, -0.2) is 63.7 Å². The van der Waals surface area contributed by atoms with E-state index in [1.807, 2.05) is 48.7 Å². The number of rotatable bonds is 4. The molecule has 2 fully saturated rings. The minimum absolute atomic E-state index is 0.0409. The molecule has 0 aliphatic carbocycles. The van der Waals surface area contributed by atoms with Gasteiger partial charge in [0.15, 0.2) is 0 Å². The van der Waals surface area contributed by atoms with Crippen molar-refractivity contribution in [2.75, 3.05) is 26.2 Å². The molecule has 1 aromatic heterocycles. The van der Waals surface area contributed by atoms with Crippen molar-refractivity contribution in [2.24, 2.45) is 0 Å². The van der Waals surface area contributed by atoms with Crippen molar-refractivity contribution in [3.8, 4) is 0 Å². The molecule has 2 amide bonds. The lowest BCUT2D eigenvalue weighted by atomic mass is 10.0. The Morgan fingerprint density at radius 2 is 1.73 bits per heavy atom. The van der Waals surface area contributed by atoms with E-state index in [9.17, 15) is 9.59 Å². The van der Waals surface area contributed by atoms with E-state index in [1.165, 1.54) is 0 Å². The summed E-state index contributed by atoms with van der Waals surface area (Å²) in [6, 6.07) is 19.7. The van der Waals surface area contributed by atoms with Crippen LogP contribution in [-0.2, 0) is 22.7 Å². The first-order valence-corrected chi connectivity index (χ1v) is 10.4. The van der Waals surface area contributed by atoms with Crippen LogP contribution < -0.4 is 0 Å². The Kier molecular flexibility index (Phi) is 4.93. The number of amides is 2. The van der Waals surface area contributed by atoms with E-state index in [2.05, 4.69) is 28.1 Å². The molecule has 2 aliphatic heterocycles. The lowest BCUT2D eigenvalue weighted by Crippen LogP contribution is -2.66. The van der Waals surface area contributed by atoms with Crippen molar-refractivity contribution >= 4 is 22.7 Å². The van der Waals surface area contributed by atoms with Crippen molar-refractivity contribution in [3.05, 3.63) is 78.0 Å². The van der Waals surface area contributed by atoms with Gasteiger partial charge >= 0.3 is 0 Å². The molecule has 0 radical (unpaired) electrons. The highest BCUT2D eigenvalue weighted by Gasteiger charge is 2.42. The fourth-order valence-corrected chi connectivity index (χ4v) is 4.51. The summed E-state index contributed by atoms with van der Waals surface area (Å²) in [4.78, 5) is 36.2. The summed E-state index contributed by atoms with van der Waals surface area (Å²) in [5.41, 5.74) is 3.19. The maximum absolute atomic E-state index is 13.2. The largest absolute Gasteiger partial charge is 0.327 e. The van der Waals surface area contributed by atoms with Gasteiger partial charge in [0.2, 0.25) is 11.8 Å². The van der Waals surface area contributed by atoms with Gasteiger partial charge in [0, 0.05) is 44.3 Å². The Morgan fingerprint density at radius 3 is 2.60 bits per heavy atom. The number of para-hydroxylation sites is 1. The molecule has 6 nitrogen and oxygen atoms in total. The van der Waals surface area contributed by atoms with Crippen LogP contribution in [0.4, 0.5) is 0 Å². The van der Waals surface area contributed by atoms with Crippen LogP contribution in [0.25, 0.3) is 10.9 Å². The van der Waals surface area contributed by atoms with Gasteiger partial charge in [-0.25, -0.2) is 0 Å². The van der Waals surface area contributed by atoms with E-state index in [1.54, 1.807) is 9.80 Å². The maximum atomic E-state index is 13.2. The van der Waals surface area contributed by atoms with E-state index < -0.39 is 6.04 Å². The van der Waals surface area contributed by atoms with Gasteiger partial charge in [0.05, 0.1) is 5.52 Å². The molecule has 5 rings (SSSR count). The van der Waals surface area contributed by atoms with Crippen LogP contribution in [0.2, 0.25) is 0 Å². The van der Waals surface area contributed by atoms with Crippen LogP contribution in [0.3, 0.4) is 0 Å². The molecule has 2 aliphatic rings. The molecule has 3 aromatic rings. The Bertz CT molecular complexity index is 1080. The number of hydrogen-bond donors (Lipinski definition) is 0. The summed E-state index contributed by atoms with van der Waals surface area (Å²) in [6.07, 6.45) is 1.81. The normalized spacial score (nSPS) is 19.9. The first kappa shape index (κ1) is 18.8. The third-order valence-corrected chi connectivity index (χ3v) is 6.03. The number of carbonyl (C=O) groups excluding carboxylic acids is 2. The lowest BCUT2D eigenvalue weighted by Gasteiger charge is -2.46. The summed E-state index contributed by atoms with van der Waals surface area (Å²) in [5.74, 6) is 0.0845. The highest BCUT2D eigenvalue weighted by Crippen LogP contribution is 2.23. The molecular weight excluding hydrogens is 376 g/mol. The Hall–Kier alpha value is -3.25. The summed E-state index contributed by atoms with van der Waals surface area (Å²) in [5, 5.41) is 1.12. The van der Waals surface area contributed by atoms with E-state index in [-0.39, 0.29) is 18.4 Å². The molecule has 2 aromatic carbocycles. The minimum atomic E-state index is -0.411. The molecule has 1 atom stereocenters. The van der Waals surface area contributed by atoms with Gasteiger partial charge in [0.1, 0.15) is 12.6 Å². The number of nitrogens with zero attached hydrogens (tertiary/aromatic N) is 4. The van der Waals surface area contributed by atoms with E-state index in [0.29, 0.717) is 19.6 Å². The molecule has 2 saturated heterocycles. The standard InChI is InChI=1S/C24H24N4O2/c29-22-17-27(14-18-6-2-1-3-7-18)24(30)21-16-26(12-13-28(21)22)15-20-9-4-8-19-10-5-11-25-23(19)20/h1-11,21H,12-17H2. The van der Waals surface area contributed by atoms with Gasteiger partial charge in [-0.3, -0.25) is 19.5 Å². The second-order valence-corrected chi connectivity index (χ2v) is 8.01. The zero-order chi connectivity index (χ0) is 20.5. The third-order valence-electron chi connectivity index (χ3n) is 6.03. The number of benzene rings is 2. The summed E-state index contributed by atoms with van der Waals surface area (Å²) < 4.78 is 0. The Morgan fingerprint density at radius 1 is 0.900 bits per heavy atom. The van der Waals surface area contributed by atoms with Crippen LogP contribution >= 0.6 is 0 Å². The van der Waals surface area contributed by atoms with Gasteiger partial charge in [0.25, 0.3) is 0 Å². The average molecular weight is 400 g/mol. The van der Waals surface area contributed by atoms with Crippen LogP contribution in [0.15, 0.2) is 66.9 Å². The predicted molar refractivity (Wildman–Crippen MR) is 114 cm³/mol. The molecule has 0 saturated carbocycles. The number of fused-ring (bicyclic) bond motifs is 2. The van der Waals surface area contributed by atoms with Crippen molar-refractivity contribution in [1.82, 2.24) is 19.7 Å². The SMILES string of the molecule is O=C1C2CN(Cc3cccc4cccnc34)CCN2C(=O)CN1Cc1ccccc1. The van der Waals surface area contributed by atoms with E-state index in [4.69, 9.17) is 0 Å². The van der Waals surface area contributed by atoms with E-state index in [0.717, 1.165) is 35.1 Å². The maximum Gasteiger partial charge on any atom is 0.247 e. The van der Waals surface area contributed by atoms with Crippen molar-refractivity contribution in [1.29, 1.82) is 0 Å². The van der Waals surface area contributed by atoms with Crippen molar-refractivity contribution in [2.45, 2.75) is 19.1 Å². The topological polar surface area (TPSA) is 56.8 Å². The molecule has 0 bridgehead atoms. The zero-order valence-corrected chi connectivity index (χ0v) is 16.8. The molecule has 1 unspecified atom stereocenters. The fraction of sp³-hybridized carbons (Fsp3) is 0.292. The number of hydrogen-bond acceptors (Lipinski definition) is 4. The highest BCUT2D eigenvalue weighted by molar-refractivity contribution is 5.95. The lowest BCUT2D eigenvalue weighted by molar-refractivity contribution is -0.160. The third kappa shape index (κ3) is 3.55. The first-order valence-electron chi connectivity index (χ1n) is 10.4. The minimum Gasteiger partial charge on any atom is -0.327 e. The van der Waals surface area contributed by atoms with Crippen molar-refractivity contribution in [3.63, 3.8) is 0 Å². The van der Waals surface area contributed by atoms with E-state index >= 15 is 0 Å². The van der Waals surface area contributed by atoms with Gasteiger partial charge in [-0.1, -0.05) is 54.6 Å². The van der Waals surface area contributed by atoms with Crippen LogP contribution in [0.1, 0.15) is 11.1 Å². The number of pyridine rings is 1. The van der Waals surface area contributed by atoms with Crippen molar-refractivity contribution < 1.29 is 9.59 Å². The Labute approximate surface area is 175 Å². The Balaban J connectivity index is 1.33. The van der Waals surface area contributed by atoms with Gasteiger partial charge in [-0.15, -0.1) is 0 Å². The molecule has 152 valence electrons. The quantitative estimate of drug-likeness (QED) is 0.674. The average Bonchev–Trinajstić information content (AvgIpc) is 2.78. The fourth-order valence-electron chi connectivity index (χ4n) is 4.51. The predicted octanol–water partition coefficient (Wildman–Crippen LogP) is 2.29. The number of piperazine rings is 2. The molecule has 6 heteroatoms. The second-order valence-electron chi connectivity index (χ2n) is 8.01. The summed E-state index contributed by atoms with van der Waals surface area (Å²) in [7, 11) is 0. The van der Waals surface area contributed by atoms with Crippen LogP contribution in [0, 0.1) is 0 Å². The monoisotopic (exact) mass is 400 g/mol. The molecular formula is C24H24N4O2. The smallest absolute Gasteiger partial charge is 0.247 e. The molecule has 0 spiro atoms. The van der Waals surface area contributed by atoms with Gasteiger partial charge in [-0.2, -0.15) is 0 Å². The summed E-state index contributed by atoms with van der Waals surface area (Å²) >= 11 is 0.